The monoisotopic (exact) mass is 906 g/mol. The van der Waals surface area contributed by atoms with Crippen LogP contribution in [0.5, 0.6) is 34.5 Å². The van der Waals surface area contributed by atoms with Crippen LogP contribution >= 0.6 is 0 Å². The highest BCUT2D eigenvalue weighted by Crippen LogP contribution is 2.43. The fraction of sp³-hybridized carbons (Fsp3) is 0.143. The van der Waals surface area contributed by atoms with Gasteiger partial charge in [0.1, 0.15) is 34.5 Å². The number of phenolic OH excluding ortho intramolecular Hbond substituents is 6. The van der Waals surface area contributed by atoms with Crippen molar-refractivity contribution in [3.05, 3.63) is 200 Å². The van der Waals surface area contributed by atoms with Crippen LogP contribution in [-0.2, 0) is 38.5 Å². The van der Waals surface area contributed by atoms with Crippen molar-refractivity contribution in [3.8, 4) is 34.5 Å². The number of non-ortho nitro benzene ring substituents is 6. The molecule has 0 fully saturated rings. The van der Waals surface area contributed by atoms with Gasteiger partial charge in [-0.2, -0.15) is 0 Å². The quantitative estimate of drug-likeness (QED) is 0.0707. The van der Waals surface area contributed by atoms with Crippen LogP contribution in [-0.4, -0.2) is 60.2 Å². The van der Waals surface area contributed by atoms with Crippen molar-refractivity contribution in [2.75, 3.05) is 0 Å². The summed E-state index contributed by atoms with van der Waals surface area (Å²) < 4.78 is 0. The lowest BCUT2D eigenvalue weighted by Gasteiger charge is -2.17. The second kappa shape index (κ2) is 17.0. The largest absolute Gasteiger partial charge is 0.507 e. The van der Waals surface area contributed by atoms with Crippen molar-refractivity contribution < 1.29 is 60.2 Å². The van der Waals surface area contributed by atoms with Gasteiger partial charge in [0, 0.05) is 178 Å². The average Bonchev–Trinajstić information content (AvgIpc) is 3.24. The van der Waals surface area contributed by atoms with Gasteiger partial charge in [0.05, 0.1) is 29.5 Å². The number of nitrogens with zero attached hydrogens (tertiary/aromatic N) is 6. The van der Waals surface area contributed by atoms with E-state index in [0.29, 0.717) is 0 Å². The summed E-state index contributed by atoms with van der Waals surface area (Å²) in [6.07, 6.45) is -3.99. The van der Waals surface area contributed by atoms with Gasteiger partial charge < -0.3 is 30.6 Å². The first kappa shape index (κ1) is 44.6. The average molecular weight is 907 g/mol. The lowest BCUT2D eigenvalue weighted by Crippen LogP contribution is -2.04. The minimum absolute atomic E-state index is 0.314. The molecule has 0 aliphatic heterocycles. The van der Waals surface area contributed by atoms with E-state index < -0.39 is 137 Å². The van der Waals surface area contributed by atoms with Crippen LogP contribution < -0.4 is 0 Å². The molecular weight excluding hydrogens is 876 g/mol. The van der Waals surface area contributed by atoms with Gasteiger partial charge in [0.2, 0.25) is 0 Å². The molecule has 336 valence electrons. The highest BCUT2D eigenvalue weighted by atomic mass is 16.6. The van der Waals surface area contributed by atoms with Crippen molar-refractivity contribution in [2.24, 2.45) is 0 Å². The van der Waals surface area contributed by atoms with Crippen LogP contribution in [0, 0.1) is 60.7 Å². The molecule has 7 rings (SSSR count). The van der Waals surface area contributed by atoms with Gasteiger partial charge in [0.15, 0.2) is 0 Å². The fourth-order valence-corrected chi connectivity index (χ4v) is 7.93. The Bertz CT molecular complexity index is 2470. The third kappa shape index (κ3) is 8.63. The molecule has 0 radical (unpaired) electrons. The standard InChI is InChI=1S/C42H30N6O18/c49-37-19-1-20-8-32(44(57)58)10-22(38(20)50)3-24-12-34(46(61)62)14-26(40(24)52)5-28-16-36(48(65)66)18-30(42(28)54)6-29-17-35(47(63)64)15-27(41(29)53)4-25-13-33(45(59)60)11-23(39(25)51)2-21(37)9-31(7-19)43(55)56/h7-18,49-54H,1-6H2. The van der Waals surface area contributed by atoms with Gasteiger partial charge >= 0.3 is 0 Å². The van der Waals surface area contributed by atoms with Gasteiger partial charge in [-0.1, -0.05) is 0 Å². The van der Waals surface area contributed by atoms with E-state index in [2.05, 4.69) is 0 Å². The maximum atomic E-state index is 12.2. The lowest BCUT2D eigenvalue weighted by molar-refractivity contribution is -0.385. The number of nitro benzene ring substituents is 6. The summed E-state index contributed by atoms with van der Waals surface area (Å²) in [5.41, 5.74) is -7.77. The molecule has 0 saturated heterocycles. The first-order valence-corrected chi connectivity index (χ1v) is 19.0. The maximum absolute atomic E-state index is 12.2. The Morgan fingerprint density at radius 2 is 0.333 bits per heavy atom. The molecule has 6 aromatic carbocycles. The number of nitro groups is 6. The predicted molar refractivity (Wildman–Crippen MR) is 225 cm³/mol. The van der Waals surface area contributed by atoms with Crippen LogP contribution in [0.2, 0.25) is 0 Å². The van der Waals surface area contributed by atoms with E-state index >= 15 is 0 Å². The number of aromatic hydroxyl groups is 6. The molecule has 0 spiro atoms. The van der Waals surface area contributed by atoms with Crippen LogP contribution in [0.3, 0.4) is 0 Å². The molecule has 1 aliphatic rings. The number of hydrogen-bond donors (Lipinski definition) is 6. The van der Waals surface area contributed by atoms with E-state index in [0.717, 1.165) is 72.8 Å². The van der Waals surface area contributed by atoms with Crippen LogP contribution in [0.4, 0.5) is 34.1 Å². The lowest BCUT2D eigenvalue weighted by atomic mass is 9.90. The zero-order valence-electron chi connectivity index (χ0n) is 33.4. The van der Waals surface area contributed by atoms with Gasteiger partial charge in [0.25, 0.3) is 34.1 Å². The summed E-state index contributed by atoms with van der Waals surface area (Å²) in [7, 11) is 0. The van der Waals surface area contributed by atoms with Crippen molar-refractivity contribution in [1.82, 2.24) is 0 Å². The topological polar surface area (TPSA) is 380 Å². The Balaban J connectivity index is 1.54. The summed E-state index contributed by atoms with van der Waals surface area (Å²) in [6, 6.07) is 10.6. The Labute approximate surface area is 367 Å². The normalized spacial score (nSPS) is 12.4. The molecule has 0 aromatic heterocycles. The molecular formula is C42H30N6O18. The van der Waals surface area contributed by atoms with Crippen molar-refractivity contribution >= 4 is 34.1 Å². The van der Waals surface area contributed by atoms with E-state index in [1.807, 2.05) is 0 Å². The number of benzene rings is 6. The molecule has 6 N–H and O–H groups in total. The zero-order valence-corrected chi connectivity index (χ0v) is 33.4. The third-order valence-electron chi connectivity index (χ3n) is 11.1. The van der Waals surface area contributed by atoms with E-state index in [4.69, 9.17) is 0 Å². The second-order valence-electron chi connectivity index (χ2n) is 15.3. The SMILES string of the molecule is O=[N+]([O-])c1cc2c(O)c(c1)Cc1cc([N+](=O)[O-])cc(c1O)Cc1cc([N+](=O)[O-])cc(c1O)Cc1cc([N+](=O)[O-])cc(c1O)Cc1cc([N+](=O)[O-])cc(c1O)Cc1cc([N+](=O)[O-])cc(c1O)C2. The second-order valence-corrected chi connectivity index (χ2v) is 15.3. The number of hydrogen-bond acceptors (Lipinski definition) is 18. The number of fused-ring (bicyclic) bond motifs is 12. The van der Waals surface area contributed by atoms with E-state index in [1.165, 1.54) is 0 Å². The van der Waals surface area contributed by atoms with E-state index in [-0.39, 0.29) is 66.8 Å². The predicted octanol–water partition coefficient (Wildman–Crippen LogP) is 7.23. The molecule has 0 heterocycles. The Morgan fingerprint density at radius 3 is 0.409 bits per heavy atom. The zero-order chi connectivity index (χ0) is 48.0. The highest BCUT2D eigenvalue weighted by molar-refractivity contribution is 5.63. The van der Waals surface area contributed by atoms with Crippen molar-refractivity contribution in [2.45, 2.75) is 38.5 Å². The fourth-order valence-electron chi connectivity index (χ4n) is 7.93. The number of rotatable bonds is 6. The summed E-state index contributed by atoms with van der Waals surface area (Å²) in [5, 5.41) is 142. The molecule has 66 heavy (non-hydrogen) atoms. The van der Waals surface area contributed by atoms with Crippen molar-refractivity contribution in [1.29, 1.82) is 0 Å². The first-order valence-electron chi connectivity index (χ1n) is 19.0. The molecule has 0 amide bonds. The molecule has 12 bridgehead atoms. The first-order chi connectivity index (χ1) is 31.1. The Kier molecular flexibility index (Phi) is 11.5. The molecule has 24 nitrogen and oxygen atoms in total. The van der Waals surface area contributed by atoms with Gasteiger partial charge in [-0.3, -0.25) is 60.7 Å². The Morgan fingerprint density at radius 1 is 0.242 bits per heavy atom. The van der Waals surface area contributed by atoms with Gasteiger partial charge in [-0.25, -0.2) is 0 Å². The maximum Gasteiger partial charge on any atom is 0.270 e. The van der Waals surface area contributed by atoms with Gasteiger partial charge in [-0.05, 0) is 0 Å². The number of phenols is 6. The molecule has 0 atom stereocenters. The summed E-state index contributed by atoms with van der Waals surface area (Å²) >= 11 is 0. The summed E-state index contributed by atoms with van der Waals surface area (Å²) in [6.45, 7) is 0. The minimum Gasteiger partial charge on any atom is -0.507 e. The summed E-state index contributed by atoms with van der Waals surface area (Å²) in [4.78, 5) is 67.9. The van der Waals surface area contributed by atoms with Gasteiger partial charge in [-0.15, -0.1) is 0 Å². The van der Waals surface area contributed by atoms with Crippen LogP contribution in [0.15, 0.2) is 72.8 Å². The highest BCUT2D eigenvalue weighted by Gasteiger charge is 2.28. The summed E-state index contributed by atoms with van der Waals surface area (Å²) in [5.74, 6) is -4.23. The molecule has 0 unspecified atom stereocenters. The Hall–Kier alpha value is -9.48. The molecule has 24 heteroatoms. The van der Waals surface area contributed by atoms with Crippen molar-refractivity contribution in [3.63, 3.8) is 0 Å². The molecule has 1 aliphatic carbocycles. The third-order valence-corrected chi connectivity index (χ3v) is 11.1. The molecule has 6 aromatic rings. The smallest absolute Gasteiger partial charge is 0.270 e. The van der Waals surface area contributed by atoms with Crippen LogP contribution in [0.25, 0.3) is 0 Å². The molecule has 0 saturated carbocycles. The van der Waals surface area contributed by atoms with E-state index in [1.54, 1.807) is 0 Å². The minimum atomic E-state index is -0.863. The van der Waals surface area contributed by atoms with Crippen LogP contribution in [0.1, 0.15) is 66.8 Å². The van der Waals surface area contributed by atoms with E-state index in [9.17, 15) is 91.3 Å².